The first-order valence-electron chi connectivity index (χ1n) is 9.16. The van der Waals surface area contributed by atoms with Crippen molar-refractivity contribution in [2.75, 3.05) is 13.2 Å². The molecule has 1 aromatic rings. The highest BCUT2D eigenvalue weighted by Gasteiger charge is 2.51. The molecule has 1 saturated heterocycles. The van der Waals surface area contributed by atoms with Crippen molar-refractivity contribution in [3.8, 4) is 11.8 Å². The van der Waals surface area contributed by atoms with Crippen molar-refractivity contribution in [2.24, 2.45) is 5.41 Å². The number of rotatable bonds is 6. The van der Waals surface area contributed by atoms with Gasteiger partial charge in [-0.1, -0.05) is 31.4 Å². The summed E-state index contributed by atoms with van der Waals surface area (Å²) in [5, 5.41) is 18.9. The van der Waals surface area contributed by atoms with Crippen LogP contribution >= 0.6 is 0 Å². The number of aliphatic hydroxyl groups excluding tert-OH is 1. The van der Waals surface area contributed by atoms with Crippen LogP contribution in [0.5, 0.6) is 5.75 Å². The van der Waals surface area contributed by atoms with Gasteiger partial charge in [-0.3, -0.25) is 14.5 Å². The lowest BCUT2D eigenvalue weighted by molar-refractivity contribution is -0.144. The molecule has 1 unspecified atom stereocenters. The molecule has 2 fully saturated rings. The Morgan fingerprint density at radius 2 is 1.88 bits per heavy atom. The number of hydrogen-bond donors (Lipinski definition) is 1. The molecular weight excluding hydrogens is 332 g/mol. The third-order valence-electron chi connectivity index (χ3n) is 5.34. The summed E-state index contributed by atoms with van der Waals surface area (Å²) >= 11 is 0. The number of β-amino-alcohol motifs (C(OH)–C–C–N with tert-alkyl or cyclic N) is 1. The summed E-state index contributed by atoms with van der Waals surface area (Å²) in [6, 6.07) is 9.15. The van der Waals surface area contributed by atoms with E-state index in [0.717, 1.165) is 37.7 Å². The number of amides is 2. The standard InChI is InChI=1S/C20H24N2O4/c21-11-8-15-4-6-17(7-5-15)26-14-16(23)13-22-18(24)12-20(19(22)25)9-2-1-3-10-20/h4-7,16,23H,1-3,8-10,12-14H2. The summed E-state index contributed by atoms with van der Waals surface area (Å²) in [7, 11) is 0. The van der Waals surface area contributed by atoms with Gasteiger partial charge in [0.1, 0.15) is 18.5 Å². The maximum absolute atomic E-state index is 12.7. The predicted molar refractivity (Wildman–Crippen MR) is 94.1 cm³/mol. The van der Waals surface area contributed by atoms with Gasteiger partial charge in [0.2, 0.25) is 11.8 Å². The Bertz CT molecular complexity index is 702. The highest BCUT2D eigenvalue weighted by Crippen LogP contribution is 2.45. The second kappa shape index (κ2) is 7.88. The number of hydrogen-bond acceptors (Lipinski definition) is 5. The first kappa shape index (κ1) is 18.4. The number of aliphatic hydroxyl groups is 1. The van der Waals surface area contributed by atoms with Crippen LogP contribution in [0.2, 0.25) is 0 Å². The highest BCUT2D eigenvalue weighted by atomic mass is 16.5. The van der Waals surface area contributed by atoms with Gasteiger partial charge in [0.15, 0.2) is 0 Å². The number of nitrogens with zero attached hydrogens (tertiary/aromatic N) is 2. The van der Waals surface area contributed by atoms with Gasteiger partial charge < -0.3 is 9.84 Å². The summed E-state index contributed by atoms with van der Waals surface area (Å²) in [6.45, 7) is -0.0202. The van der Waals surface area contributed by atoms with Crippen LogP contribution in [0, 0.1) is 16.7 Å². The zero-order valence-corrected chi connectivity index (χ0v) is 14.8. The predicted octanol–water partition coefficient (Wildman–Crippen LogP) is 2.20. The van der Waals surface area contributed by atoms with Gasteiger partial charge in [0.25, 0.3) is 0 Å². The van der Waals surface area contributed by atoms with Crippen LogP contribution in [0.25, 0.3) is 0 Å². The summed E-state index contributed by atoms with van der Waals surface area (Å²) in [5.41, 5.74) is 0.374. The average Bonchev–Trinajstić information content (AvgIpc) is 2.86. The summed E-state index contributed by atoms with van der Waals surface area (Å²) in [5.74, 6) is 0.271. The molecule has 1 N–H and O–H groups in total. The second-order valence-electron chi connectivity index (χ2n) is 7.27. The number of carbonyl (C=O) groups excluding carboxylic acids is 2. The molecule has 1 aromatic carbocycles. The molecule has 1 heterocycles. The van der Waals surface area contributed by atoms with Crippen molar-refractivity contribution >= 4 is 11.8 Å². The molecule has 2 aliphatic rings. The Labute approximate surface area is 153 Å². The van der Waals surface area contributed by atoms with E-state index < -0.39 is 11.5 Å². The Balaban J connectivity index is 1.53. The number of likely N-dealkylation sites (tertiary alicyclic amines) is 1. The third kappa shape index (κ3) is 3.88. The fourth-order valence-electron chi connectivity index (χ4n) is 3.91. The van der Waals surface area contributed by atoms with Crippen molar-refractivity contribution in [1.29, 1.82) is 5.26 Å². The highest BCUT2D eigenvalue weighted by molar-refractivity contribution is 6.06. The SMILES string of the molecule is N#CCc1ccc(OCC(O)CN2C(=O)CC3(CCCCC3)C2=O)cc1. The minimum absolute atomic E-state index is 0.00164. The van der Waals surface area contributed by atoms with Gasteiger partial charge in [0.05, 0.1) is 24.4 Å². The van der Waals surface area contributed by atoms with Gasteiger partial charge in [-0.15, -0.1) is 0 Å². The van der Waals surface area contributed by atoms with E-state index in [1.165, 1.54) is 4.90 Å². The Kier molecular flexibility index (Phi) is 5.58. The first-order chi connectivity index (χ1) is 12.5. The van der Waals surface area contributed by atoms with E-state index in [0.29, 0.717) is 12.2 Å². The molecule has 0 bridgehead atoms. The fourth-order valence-corrected chi connectivity index (χ4v) is 3.91. The molecule has 2 amide bonds. The minimum Gasteiger partial charge on any atom is -0.491 e. The van der Waals surface area contributed by atoms with Crippen molar-refractivity contribution < 1.29 is 19.4 Å². The molecule has 0 radical (unpaired) electrons. The lowest BCUT2D eigenvalue weighted by Gasteiger charge is -2.30. The monoisotopic (exact) mass is 356 g/mol. The molecule has 1 atom stereocenters. The van der Waals surface area contributed by atoms with E-state index in [1.807, 2.05) is 0 Å². The third-order valence-corrected chi connectivity index (χ3v) is 5.34. The molecule has 3 rings (SSSR count). The molecule has 1 spiro atoms. The van der Waals surface area contributed by atoms with Crippen LogP contribution < -0.4 is 4.74 Å². The fraction of sp³-hybridized carbons (Fsp3) is 0.550. The van der Waals surface area contributed by atoms with Crippen LogP contribution in [0.3, 0.4) is 0 Å². The summed E-state index contributed by atoms with van der Waals surface area (Å²) < 4.78 is 5.54. The van der Waals surface area contributed by atoms with Gasteiger partial charge in [-0.25, -0.2) is 0 Å². The van der Waals surface area contributed by atoms with Gasteiger partial charge in [-0.2, -0.15) is 5.26 Å². The lowest BCUT2D eigenvalue weighted by atomic mass is 9.73. The summed E-state index contributed by atoms with van der Waals surface area (Å²) in [4.78, 5) is 26.2. The maximum Gasteiger partial charge on any atom is 0.235 e. The van der Waals surface area contributed by atoms with E-state index in [2.05, 4.69) is 6.07 Å². The smallest absolute Gasteiger partial charge is 0.235 e. The van der Waals surface area contributed by atoms with Crippen LogP contribution in [-0.4, -0.2) is 41.1 Å². The maximum atomic E-state index is 12.7. The zero-order chi connectivity index (χ0) is 18.6. The van der Waals surface area contributed by atoms with Crippen LogP contribution in [-0.2, 0) is 16.0 Å². The summed E-state index contributed by atoms with van der Waals surface area (Å²) in [6.07, 6.45) is 4.32. The topological polar surface area (TPSA) is 90.6 Å². The number of nitriles is 1. The van der Waals surface area contributed by atoms with Crippen LogP contribution in [0.1, 0.15) is 44.1 Å². The number of carbonyl (C=O) groups is 2. The molecule has 6 nitrogen and oxygen atoms in total. The number of benzene rings is 1. The van der Waals surface area contributed by atoms with E-state index in [-0.39, 0.29) is 31.4 Å². The molecule has 0 aromatic heterocycles. The van der Waals surface area contributed by atoms with Crippen molar-refractivity contribution in [1.82, 2.24) is 4.90 Å². The molecule has 1 saturated carbocycles. The molecule has 1 aliphatic heterocycles. The van der Waals surface area contributed by atoms with Gasteiger partial charge in [0, 0.05) is 6.42 Å². The largest absolute Gasteiger partial charge is 0.491 e. The molecule has 1 aliphatic carbocycles. The van der Waals surface area contributed by atoms with Gasteiger partial charge >= 0.3 is 0 Å². The van der Waals surface area contributed by atoms with Crippen LogP contribution in [0.15, 0.2) is 24.3 Å². The van der Waals surface area contributed by atoms with E-state index in [9.17, 15) is 14.7 Å². The molecule has 26 heavy (non-hydrogen) atoms. The Morgan fingerprint density at radius 3 is 2.54 bits per heavy atom. The molecule has 6 heteroatoms. The molecule has 138 valence electrons. The van der Waals surface area contributed by atoms with E-state index in [1.54, 1.807) is 24.3 Å². The van der Waals surface area contributed by atoms with Crippen LogP contribution in [0.4, 0.5) is 0 Å². The van der Waals surface area contributed by atoms with E-state index in [4.69, 9.17) is 10.00 Å². The quantitative estimate of drug-likeness (QED) is 0.789. The number of ether oxygens (including phenoxy) is 1. The lowest BCUT2D eigenvalue weighted by Crippen LogP contribution is -2.42. The first-order valence-corrected chi connectivity index (χ1v) is 9.16. The average molecular weight is 356 g/mol. The number of imide groups is 1. The van der Waals surface area contributed by atoms with Crippen molar-refractivity contribution in [3.05, 3.63) is 29.8 Å². The van der Waals surface area contributed by atoms with Gasteiger partial charge in [-0.05, 0) is 30.5 Å². The van der Waals surface area contributed by atoms with Crippen molar-refractivity contribution in [2.45, 2.75) is 51.0 Å². The second-order valence-corrected chi connectivity index (χ2v) is 7.27. The van der Waals surface area contributed by atoms with Crippen molar-refractivity contribution in [3.63, 3.8) is 0 Å². The normalized spacial score (nSPS) is 20.2. The van der Waals surface area contributed by atoms with E-state index >= 15 is 0 Å². The zero-order valence-electron chi connectivity index (χ0n) is 14.8. The minimum atomic E-state index is -0.930. The Hall–Kier alpha value is -2.39. The Morgan fingerprint density at radius 1 is 1.19 bits per heavy atom. The molecular formula is C20H24N2O4.